The summed E-state index contributed by atoms with van der Waals surface area (Å²) >= 11 is 0. The monoisotopic (exact) mass is 363 g/mol. The Bertz CT molecular complexity index is 947. The zero-order valence-electron chi connectivity index (χ0n) is 15.1. The van der Waals surface area contributed by atoms with E-state index in [1.165, 1.54) is 6.42 Å². The summed E-state index contributed by atoms with van der Waals surface area (Å²) in [6.07, 6.45) is 3.41. The number of rotatable bonds is 6. The maximum atomic E-state index is 12.7. The predicted octanol–water partition coefficient (Wildman–Crippen LogP) is 4.66. The molecule has 6 nitrogen and oxygen atoms in total. The number of carbonyl (C=O) groups excluding carboxylic acids is 1. The fraction of sp³-hybridized carbons (Fsp3) is 0.286. The first-order valence-corrected chi connectivity index (χ1v) is 9.22. The lowest BCUT2D eigenvalue weighted by Gasteiger charge is -2.20. The number of ether oxygens (including phenoxy) is 1. The molecule has 1 aromatic heterocycles. The van der Waals surface area contributed by atoms with Crippen molar-refractivity contribution in [1.29, 1.82) is 0 Å². The molecule has 0 bridgehead atoms. The Morgan fingerprint density at radius 2 is 2.07 bits per heavy atom. The first-order chi connectivity index (χ1) is 13.2. The molecule has 1 N–H and O–H groups in total. The zero-order valence-corrected chi connectivity index (χ0v) is 15.1. The number of carbonyl (C=O) groups is 1. The Morgan fingerprint density at radius 1 is 1.22 bits per heavy atom. The van der Waals surface area contributed by atoms with Crippen LogP contribution in [0.15, 0.2) is 53.1 Å². The van der Waals surface area contributed by atoms with E-state index in [9.17, 15) is 4.79 Å². The van der Waals surface area contributed by atoms with Crippen molar-refractivity contribution in [1.82, 2.24) is 10.1 Å². The van der Waals surface area contributed by atoms with Crippen molar-refractivity contribution in [3.63, 3.8) is 0 Å². The molecule has 1 heterocycles. The largest absolute Gasteiger partial charge is 0.492 e. The van der Waals surface area contributed by atoms with Gasteiger partial charge in [-0.3, -0.25) is 4.79 Å². The Morgan fingerprint density at radius 3 is 2.85 bits per heavy atom. The van der Waals surface area contributed by atoms with Gasteiger partial charge in [-0.05, 0) is 44.0 Å². The molecule has 0 saturated heterocycles. The summed E-state index contributed by atoms with van der Waals surface area (Å²) in [5.74, 6) is 2.02. The third-order valence-corrected chi connectivity index (χ3v) is 4.71. The van der Waals surface area contributed by atoms with Gasteiger partial charge in [-0.2, -0.15) is 4.98 Å². The van der Waals surface area contributed by atoms with Crippen LogP contribution in [0.5, 0.6) is 5.75 Å². The number of hydrogen-bond donors (Lipinski definition) is 1. The topological polar surface area (TPSA) is 77.2 Å². The van der Waals surface area contributed by atoms with Crippen LogP contribution in [0.25, 0.3) is 11.4 Å². The van der Waals surface area contributed by atoms with Gasteiger partial charge in [0.25, 0.3) is 5.91 Å². The number of nitrogens with one attached hydrogen (secondary N) is 1. The maximum absolute atomic E-state index is 12.7. The number of nitrogens with zero attached hydrogens (tertiary/aromatic N) is 2. The van der Waals surface area contributed by atoms with E-state index < -0.39 is 0 Å². The van der Waals surface area contributed by atoms with Crippen molar-refractivity contribution in [2.45, 2.75) is 32.1 Å². The van der Waals surface area contributed by atoms with Crippen molar-refractivity contribution in [2.75, 3.05) is 11.9 Å². The first kappa shape index (κ1) is 17.3. The van der Waals surface area contributed by atoms with Gasteiger partial charge in [-0.15, -0.1) is 0 Å². The third-order valence-electron chi connectivity index (χ3n) is 4.71. The highest BCUT2D eigenvalue weighted by Gasteiger charge is 2.25. The second-order valence-corrected chi connectivity index (χ2v) is 6.55. The van der Waals surface area contributed by atoms with Crippen LogP contribution < -0.4 is 10.1 Å². The average Bonchev–Trinajstić information content (AvgIpc) is 3.12. The lowest BCUT2D eigenvalue weighted by Crippen LogP contribution is -2.13. The van der Waals surface area contributed by atoms with Crippen LogP contribution in [-0.4, -0.2) is 22.7 Å². The Kier molecular flexibility index (Phi) is 4.87. The highest BCUT2D eigenvalue weighted by molar-refractivity contribution is 6.05. The van der Waals surface area contributed by atoms with Crippen LogP contribution in [0.4, 0.5) is 5.69 Å². The first-order valence-electron chi connectivity index (χ1n) is 9.22. The SMILES string of the molecule is CCOc1ccccc1NC(=O)c1cccc(-c2noc(C3CCC3)n2)c1. The lowest BCUT2D eigenvalue weighted by atomic mass is 9.85. The highest BCUT2D eigenvalue weighted by Crippen LogP contribution is 2.36. The minimum atomic E-state index is -0.216. The van der Waals surface area contributed by atoms with E-state index in [-0.39, 0.29) is 5.91 Å². The molecule has 1 fully saturated rings. The van der Waals surface area contributed by atoms with Crippen molar-refractivity contribution in [3.8, 4) is 17.1 Å². The fourth-order valence-corrected chi connectivity index (χ4v) is 3.02. The van der Waals surface area contributed by atoms with Gasteiger partial charge < -0.3 is 14.6 Å². The van der Waals surface area contributed by atoms with Crippen LogP contribution in [0, 0.1) is 0 Å². The van der Waals surface area contributed by atoms with Crippen LogP contribution in [-0.2, 0) is 0 Å². The number of para-hydroxylation sites is 2. The smallest absolute Gasteiger partial charge is 0.255 e. The number of hydrogen-bond acceptors (Lipinski definition) is 5. The average molecular weight is 363 g/mol. The van der Waals surface area contributed by atoms with Crippen LogP contribution in [0.3, 0.4) is 0 Å². The maximum Gasteiger partial charge on any atom is 0.255 e. The molecular weight excluding hydrogens is 342 g/mol. The van der Waals surface area contributed by atoms with E-state index in [4.69, 9.17) is 9.26 Å². The molecular formula is C21H21N3O3. The van der Waals surface area contributed by atoms with Crippen molar-refractivity contribution in [2.24, 2.45) is 0 Å². The van der Waals surface area contributed by atoms with Gasteiger partial charge in [0, 0.05) is 17.0 Å². The Balaban J connectivity index is 1.53. The molecule has 0 radical (unpaired) electrons. The van der Waals surface area contributed by atoms with Crippen molar-refractivity contribution in [3.05, 3.63) is 60.0 Å². The normalized spacial score (nSPS) is 13.8. The fourth-order valence-electron chi connectivity index (χ4n) is 3.02. The second-order valence-electron chi connectivity index (χ2n) is 6.55. The number of amides is 1. The molecule has 0 spiro atoms. The molecule has 138 valence electrons. The van der Waals surface area contributed by atoms with E-state index in [2.05, 4.69) is 15.5 Å². The summed E-state index contributed by atoms with van der Waals surface area (Å²) in [4.78, 5) is 17.2. The molecule has 1 aliphatic carbocycles. The molecule has 4 rings (SSSR count). The summed E-state index contributed by atoms with van der Waals surface area (Å²) in [5, 5.41) is 6.98. The lowest BCUT2D eigenvalue weighted by molar-refractivity contribution is 0.102. The molecule has 27 heavy (non-hydrogen) atoms. The van der Waals surface area contributed by atoms with E-state index >= 15 is 0 Å². The van der Waals surface area contributed by atoms with Crippen LogP contribution in [0.1, 0.15) is 48.4 Å². The van der Waals surface area contributed by atoms with Crippen LogP contribution >= 0.6 is 0 Å². The summed E-state index contributed by atoms with van der Waals surface area (Å²) in [5.41, 5.74) is 1.92. The number of aromatic nitrogens is 2. The van der Waals surface area contributed by atoms with Gasteiger partial charge in [0.15, 0.2) is 0 Å². The zero-order chi connectivity index (χ0) is 18.6. The quantitative estimate of drug-likeness (QED) is 0.689. The molecule has 1 amide bonds. The summed E-state index contributed by atoms with van der Waals surface area (Å²) in [6, 6.07) is 14.6. The summed E-state index contributed by atoms with van der Waals surface area (Å²) < 4.78 is 10.9. The molecule has 0 aliphatic heterocycles. The van der Waals surface area contributed by atoms with Gasteiger partial charge in [0.2, 0.25) is 11.7 Å². The standard InChI is InChI=1S/C21H21N3O3/c1-2-26-18-12-4-3-11-17(18)22-20(25)16-10-6-9-15(13-16)19-23-21(27-24-19)14-7-5-8-14/h3-4,6,9-14H,2,5,7-8H2,1H3,(H,22,25). The van der Waals surface area contributed by atoms with Gasteiger partial charge in [0.05, 0.1) is 12.3 Å². The van der Waals surface area contributed by atoms with E-state index in [0.717, 1.165) is 18.4 Å². The summed E-state index contributed by atoms with van der Waals surface area (Å²) in [6.45, 7) is 2.44. The van der Waals surface area contributed by atoms with Gasteiger partial charge in [-0.1, -0.05) is 35.8 Å². The number of benzene rings is 2. The molecule has 6 heteroatoms. The highest BCUT2D eigenvalue weighted by atomic mass is 16.5. The molecule has 0 atom stereocenters. The molecule has 0 unspecified atom stereocenters. The molecule has 2 aromatic carbocycles. The van der Waals surface area contributed by atoms with Crippen molar-refractivity contribution >= 4 is 11.6 Å². The van der Waals surface area contributed by atoms with E-state index in [1.54, 1.807) is 12.1 Å². The van der Waals surface area contributed by atoms with Crippen LogP contribution in [0.2, 0.25) is 0 Å². The van der Waals surface area contributed by atoms with Gasteiger partial charge >= 0.3 is 0 Å². The minimum Gasteiger partial charge on any atom is -0.492 e. The Labute approximate surface area is 157 Å². The predicted molar refractivity (Wildman–Crippen MR) is 102 cm³/mol. The molecule has 1 aliphatic rings. The van der Waals surface area contributed by atoms with Gasteiger partial charge in [-0.25, -0.2) is 0 Å². The Hall–Kier alpha value is -3.15. The number of anilines is 1. The second kappa shape index (κ2) is 7.61. The van der Waals surface area contributed by atoms with E-state index in [1.807, 2.05) is 43.3 Å². The van der Waals surface area contributed by atoms with Crippen molar-refractivity contribution < 1.29 is 14.1 Å². The minimum absolute atomic E-state index is 0.216. The van der Waals surface area contributed by atoms with Gasteiger partial charge in [0.1, 0.15) is 5.75 Å². The molecule has 1 saturated carbocycles. The van der Waals surface area contributed by atoms with E-state index in [0.29, 0.717) is 41.2 Å². The third kappa shape index (κ3) is 3.69. The summed E-state index contributed by atoms with van der Waals surface area (Å²) in [7, 11) is 0. The molecule has 3 aromatic rings.